The van der Waals surface area contributed by atoms with E-state index in [2.05, 4.69) is 5.32 Å². The Morgan fingerprint density at radius 2 is 2.12 bits per heavy atom. The molecule has 1 aromatic rings. The molecule has 2 rings (SSSR count). The van der Waals surface area contributed by atoms with Crippen molar-refractivity contribution in [3.8, 4) is 0 Å². The van der Waals surface area contributed by atoms with Crippen molar-refractivity contribution in [3.05, 3.63) is 24.0 Å². The molecule has 0 amide bonds. The Morgan fingerprint density at radius 1 is 1.38 bits per heavy atom. The number of benzene rings is 1. The van der Waals surface area contributed by atoms with Gasteiger partial charge >= 0.3 is 0 Å². The van der Waals surface area contributed by atoms with Crippen LogP contribution in [0.5, 0.6) is 0 Å². The third kappa shape index (κ3) is 3.04. The molecule has 2 nitrogen and oxygen atoms in total. The molecule has 1 heterocycles. The van der Waals surface area contributed by atoms with E-state index in [1.807, 2.05) is 11.8 Å². The molecule has 1 aromatic carbocycles. The summed E-state index contributed by atoms with van der Waals surface area (Å²) in [6.45, 7) is 0.862. The van der Waals surface area contributed by atoms with Crippen molar-refractivity contribution in [1.29, 1.82) is 0 Å². The number of nitrogens with two attached hydrogens (primary N) is 1. The third-order valence-corrected chi connectivity index (χ3v) is 3.96. The van der Waals surface area contributed by atoms with Crippen LogP contribution in [0.2, 0.25) is 0 Å². The summed E-state index contributed by atoms with van der Waals surface area (Å²) < 4.78 is 13.5. The van der Waals surface area contributed by atoms with Crippen LogP contribution in [0.4, 0.5) is 15.8 Å². The van der Waals surface area contributed by atoms with Gasteiger partial charge in [-0.15, -0.1) is 0 Å². The van der Waals surface area contributed by atoms with Gasteiger partial charge in [0.1, 0.15) is 5.82 Å². The van der Waals surface area contributed by atoms with Crippen molar-refractivity contribution < 1.29 is 4.39 Å². The van der Waals surface area contributed by atoms with E-state index in [4.69, 9.17) is 5.73 Å². The van der Waals surface area contributed by atoms with Crippen molar-refractivity contribution in [1.82, 2.24) is 0 Å². The maximum Gasteiger partial charge on any atom is 0.148 e. The summed E-state index contributed by atoms with van der Waals surface area (Å²) in [7, 11) is 0. The van der Waals surface area contributed by atoms with E-state index >= 15 is 0 Å². The van der Waals surface area contributed by atoms with E-state index in [-0.39, 0.29) is 5.82 Å². The van der Waals surface area contributed by atoms with E-state index in [1.165, 1.54) is 30.4 Å². The Kier molecular flexibility index (Phi) is 3.93. The van der Waals surface area contributed by atoms with Crippen LogP contribution in [-0.4, -0.2) is 18.1 Å². The molecule has 0 radical (unpaired) electrons. The van der Waals surface area contributed by atoms with Crippen LogP contribution in [0.1, 0.15) is 12.8 Å². The predicted octanol–water partition coefficient (Wildman–Crippen LogP) is 2.96. The lowest BCUT2D eigenvalue weighted by Crippen LogP contribution is -2.19. The molecular weight excluding hydrogens is 223 g/mol. The fraction of sp³-hybridized carbons (Fsp3) is 0.500. The Morgan fingerprint density at radius 3 is 2.81 bits per heavy atom. The zero-order chi connectivity index (χ0) is 11.4. The van der Waals surface area contributed by atoms with Gasteiger partial charge in [-0.2, -0.15) is 11.8 Å². The van der Waals surface area contributed by atoms with Gasteiger partial charge in [0.2, 0.25) is 0 Å². The van der Waals surface area contributed by atoms with Crippen molar-refractivity contribution >= 4 is 23.1 Å². The molecule has 1 fully saturated rings. The summed E-state index contributed by atoms with van der Waals surface area (Å²) in [4.78, 5) is 0. The number of halogens is 1. The molecule has 0 atom stereocenters. The van der Waals surface area contributed by atoms with E-state index in [0.29, 0.717) is 17.3 Å². The summed E-state index contributed by atoms with van der Waals surface area (Å²) in [5.74, 6) is 2.89. The van der Waals surface area contributed by atoms with Crippen molar-refractivity contribution in [2.24, 2.45) is 5.92 Å². The molecule has 4 heteroatoms. The topological polar surface area (TPSA) is 38.0 Å². The average Bonchev–Trinajstić information content (AvgIpc) is 2.29. The lowest BCUT2D eigenvalue weighted by atomic mass is 10.0. The van der Waals surface area contributed by atoms with Gasteiger partial charge in [-0.1, -0.05) is 0 Å². The molecule has 1 aliphatic heterocycles. The Hall–Kier alpha value is -0.900. The highest BCUT2D eigenvalue weighted by Gasteiger charge is 2.13. The first-order chi connectivity index (χ1) is 7.75. The summed E-state index contributed by atoms with van der Waals surface area (Å²) in [6.07, 6.45) is 2.46. The number of hydrogen-bond acceptors (Lipinski definition) is 3. The maximum absolute atomic E-state index is 13.5. The van der Waals surface area contributed by atoms with Gasteiger partial charge in [-0.25, -0.2) is 4.39 Å². The van der Waals surface area contributed by atoms with Gasteiger partial charge in [0, 0.05) is 12.2 Å². The molecule has 0 unspecified atom stereocenters. The summed E-state index contributed by atoms with van der Waals surface area (Å²) in [5, 5.41) is 3.17. The Labute approximate surface area is 99.8 Å². The molecule has 1 saturated heterocycles. The van der Waals surface area contributed by atoms with Crippen LogP contribution in [0, 0.1) is 11.7 Å². The molecule has 1 aliphatic rings. The number of hydrogen-bond donors (Lipinski definition) is 2. The van der Waals surface area contributed by atoms with Crippen LogP contribution in [0.15, 0.2) is 18.2 Å². The fourth-order valence-electron chi connectivity index (χ4n) is 1.88. The fourth-order valence-corrected chi connectivity index (χ4v) is 3.08. The predicted molar refractivity (Wildman–Crippen MR) is 69.4 cm³/mol. The Bertz CT molecular complexity index is 351. The minimum Gasteiger partial charge on any atom is -0.399 e. The monoisotopic (exact) mass is 240 g/mol. The van der Waals surface area contributed by atoms with Crippen LogP contribution < -0.4 is 11.1 Å². The molecular formula is C12H17FN2S. The van der Waals surface area contributed by atoms with Gasteiger partial charge in [0.25, 0.3) is 0 Å². The maximum atomic E-state index is 13.5. The highest BCUT2D eigenvalue weighted by atomic mass is 32.2. The second kappa shape index (κ2) is 5.43. The van der Waals surface area contributed by atoms with Crippen molar-refractivity contribution in [3.63, 3.8) is 0 Å². The molecule has 3 N–H and O–H groups in total. The second-order valence-electron chi connectivity index (χ2n) is 4.18. The van der Waals surface area contributed by atoms with E-state index in [0.717, 1.165) is 6.54 Å². The zero-order valence-corrected chi connectivity index (χ0v) is 10.0. The first kappa shape index (κ1) is 11.6. The van der Waals surface area contributed by atoms with Crippen LogP contribution >= 0.6 is 11.8 Å². The number of nitrogen functional groups attached to an aromatic ring is 1. The quantitative estimate of drug-likeness (QED) is 0.798. The van der Waals surface area contributed by atoms with Crippen LogP contribution in [0.25, 0.3) is 0 Å². The highest BCUT2D eigenvalue weighted by Crippen LogP contribution is 2.24. The first-order valence-electron chi connectivity index (χ1n) is 5.62. The summed E-state index contributed by atoms with van der Waals surface area (Å²) >= 11 is 2.01. The van der Waals surface area contributed by atoms with Gasteiger partial charge < -0.3 is 11.1 Å². The molecule has 0 saturated carbocycles. The Balaban J connectivity index is 1.88. The number of thioether (sulfide) groups is 1. The smallest absolute Gasteiger partial charge is 0.148 e. The number of anilines is 2. The molecule has 0 aromatic heterocycles. The van der Waals surface area contributed by atoms with Gasteiger partial charge in [0.05, 0.1) is 5.69 Å². The standard InChI is InChI=1S/C12H17FN2S/c13-11-7-10(14)1-2-12(11)15-8-9-3-5-16-6-4-9/h1-2,7,9,15H,3-6,8,14H2. The van der Waals surface area contributed by atoms with Crippen LogP contribution in [-0.2, 0) is 0 Å². The molecule has 0 aliphatic carbocycles. The van der Waals surface area contributed by atoms with Crippen molar-refractivity contribution in [2.45, 2.75) is 12.8 Å². The van der Waals surface area contributed by atoms with Gasteiger partial charge in [-0.05, 0) is 48.5 Å². The largest absolute Gasteiger partial charge is 0.399 e. The third-order valence-electron chi connectivity index (χ3n) is 2.92. The second-order valence-corrected chi connectivity index (χ2v) is 5.40. The zero-order valence-electron chi connectivity index (χ0n) is 9.21. The molecule has 0 spiro atoms. The van der Waals surface area contributed by atoms with E-state index in [1.54, 1.807) is 12.1 Å². The van der Waals surface area contributed by atoms with Crippen molar-refractivity contribution in [2.75, 3.05) is 29.1 Å². The minimum absolute atomic E-state index is 0.259. The van der Waals surface area contributed by atoms with Crippen LogP contribution in [0.3, 0.4) is 0 Å². The van der Waals surface area contributed by atoms with E-state index in [9.17, 15) is 4.39 Å². The van der Waals surface area contributed by atoms with Gasteiger partial charge in [0.15, 0.2) is 0 Å². The normalized spacial score (nSPS) is 17.3. The summed E-state index contributed by atoms with van der Waals surface area (Å²) in [6, 6.07) is 4.80. The highest BCUT2D eigenvalue weighted by molar-refractivity contribution is 7.99. The lowest BCUT2D eigenvalue weighted by Gasteiger charge is -2.22. The molecule has 0 bridgehead atoms. The lowest BCUT2D eigenvalue weighted by molar-refractivity contribution is 0.514. The molecule has 88 valence electrons. The average molecular weight is 240 g/mol. The first-order valence-corrected chi connectivity index (χ1v) is 6.78. The summed E-state index contributed by atoms with van der Waals surface area (Å²) in [5.41, 5.74) is 6.53. The SMILES string of the molecule is Nc1ccc(NCC2CCSCC2)c(F)c1. The molecule has 16 heavy (non-hydrogen) atoms. The number of nitrogens with one attached hydrogen (secondary N) is 1. The number of rotatable bonds is 3. The van der Waals surface area contributed by atoms with E-state index < -0.39 is 0 Å². The van der Waals surface area contributed by atoms with Gasteiger partial charge in [-0.3, -0.25) is 0 Å². The minimum atomic E-state index is -0.259.